The first kappa shape index (κ1) is 42.3. The third-order valence-corrected chi connectivity index (χ3v) is 12.6. The smallest absolute Gasteiger partial charge is 0.250 e. The van der Waals surface area contributed by atoms with Gasteiger partial charge in [-0.3, -0.25) is 0 Å². The lowest BCUT2D eigenvalue weighted by atomic mass is 10.1. The van der Waals surface area contributed by atoms with Gasteiger partial charge in [0.15, 0.2) is 9.84 Å². The Balaban J connectivity index is 1.37. The van der Waals surface area contributed by atoms with Crippen LogP contribution in [-0.4, -0.2) is 155 Å². The van der Waals surface area contributed by atoms with Crippen LogP contribution in [0.5, 0.6) is 0 Å². The van der Waals surface area contributed by atoms with Crippen LogP contribution in [0.25, 0.3) is 0 Å². The van der Waals surface area contributed by atoms with Crippen molar-refractivity contribution in [2.45, 2.75) is 40.0 Å². The maximum Gasteiger partial charge on any atom is 0.250 e. The first-order chi connectivity index (χ1) is 22.7. The molecule has 0 aliphatic carbocycles. The number of thiophene rings is 1. The molecule has 0 bridgehead atoms. The van der Waals surface area contributed by atoms with Gasteiger partial charge in [-0.2, -0.15) is 0 Å². The van der Waals surface area contributed by atoms with Gasteiger partial charge < -0.3 is 47.9 Å². The lowest BCUT2D eigenvalue weighted by Crippen LogP contribution is -2.33. The van der Waals surface area contributed by atoms with Crippen molar-refractivity contribution in [3.63, 3.8) is 0 Å². The van der Waals surface area contributed by atoms with Gasteiger partial charge in [0.05, 0.1) is 118 Å². The molecule has 0 spiro atoms. The first-order valence-corrected chi connectivity index (χ1v) is 19.8. The molecule has 1 aromatic heterocycles. The summed E-state index contributed by atoms with van der Waals surface area (Å²) >= 11 is 0.800. The molecule has 276 valence electrons. The van der Waals surface area contributed by atoms with E-state index in [9.17, 15) is 16.8 Å². The van der Waals surface area contributed by atoms with Crippen molar-refractivity contribution in [3.8, 4) is 0 Å². The Morgan fingerprint density at radius 1 is 0.723 bits per heavy atom. The molecule has 0 aromatic carbocycles. The van der Waals surface area contributed by atoms with E-state index in [4.69, 9.17) is 42.6 Å². The minimum absolute atomic E-state index is 0.0130. The van der Waals surface area contributed by atoms with Gasteiger partial charge in [0, 0.05) is 25.3 Å². The molecular formula is C29H54N2O13S3. The molecule has 18 heteroatoms. The topological polar surface area (TPSA) is 175 Å². The Morgan fingerprint density at radius 3 is 1.53 bits per heavy atom. The molecule has 15 nitrogen and oxygen atoms in total. The largest absolute Gasteiger partial charge is 0.382 e. The van der Waals surface area contributed by atoms with E-state index in [1.165, 1.54) is 6.07 Å². The Bertz CT molecular complexity index is 1150. The zero-order valence-corrected chi connectivity index (χ0v) is 30.4. The van der Waals surface area contributed by atoms with E-state index in [2.05, 4.69) is 10.0 Å². The molecule has 0 saturated carbocycles. The Kier molecular flexibility index (Phi) is 22.7. The first-order valence-electron chi connectivity index (χ1n) is 16.0. The average molecular weight is 735 g/mol. The highest BCUT2D eigenvalue weighted by atomic mass is 32.3. The number of nitrogens with one attached hydrogen (secondary N) is 2. The lowest BCUT2D eigenvalue weighted by molar-refractivity contribution is -0.0241. The molecule has 2 atom stereocenters. The molecule has 0 radical (unpaired) electrons. The number of ether oxygens (including phenoxy) is 9. The fourth-order valence-corrected chi connectivity index (χ4v) is 9.33. The van der Waals surface area contributed by atoms with Crippen LogP contribution in [-0.2, 0) is 62.5 Å². The van der Waals surface area contributed by atoms with Crippen LogP contribution in [0.15, 0.2) is 14.5 Å². The predicted molar refractivity (Wildman–Crippen MR) is 176 cm³/mol. The summed E-state index contributed by atoms with van der Waals surface area (Å²) in [6, 6.07) is 1.28. The molecule has 47 heavy (non-hydrogen) atoms. The number of hydrogen-bond donors (Lipinski definition) is 2. The SMILES string of the molecule is CCN[C@H]1C[C@H](C)S(=O)(=O)c2sc(S(=O)(=O)NCCOCCOCCOCCOCCOCCOCCOCCOCCOC)cc21. The summed E-state index contributed by atoms with van der Waals surface area (Å²) in [4.78, 5) is 0. The van der Waals surface area contributed by atoms with Gasteiger partial charge in [-0.25, -0.2) is 21.6 Å². The van der Waals surface area contributed by atoms with Gasteiger partial charge in [0.25, 0.3) is 0 Å². The highest BCUT2D eigenvalue weighted by molar-refractivity contribution is 7.95. The number of methoxy groups -OCH3 is 1. The molecule has 2 N–H and O–H groups in total. The summed E-state index contributed by atoms with van der Waals surface area (Å²) in [5, 5.41) is 2.68. The second-order valence-electron chi connectivity index (χ2n) is 10.3. The van der Waals surface area contributed by atoms with E-state index in [0.29, 0.717) is 124 Å². The van der Waals surface area contributed by atoms with Crippen molar-refractivity contribution in [1.29, 1.82) is 0 Å². The summed E-state index contributed by atoms with van der Waals surface area (Å²) < 4.78 is 102. The molecule has 2 heterocycles. The zero-order chi connectivity index (χ0) is 34.2. The number of rotatable bonds is 31. The van der Waals surface area contributed by atoms with Gasteiger partial charge in [-0.15, -0.1) is 11.3 Å². The average Bonchev–Trinajstić information content (AvgIpc) is 3.52. The molecule has 0 fully saturated rings. The standard InChI is InChI=1S/C29H54N2O13S3/c1-4-30-27-23-25(2)46(32,33)29-26(27)24-28(45-29)47(34,35)31-5-6-37-9-10-39-13-14-41-17-18-43-21-22-44-20-19-42-16-15-40-12-11-38-8-7-36-3/h24-25,27,30-31H,4-23H2,1-3H3/t25-,27-/m0/s1. The van der Waals surface area contributed by atoms with Crippen molar-refractivity contribution in [1.82, 2.24) is 10.0 Å². The minimum Gasteiger partial charge on any atom is -0.382 e. The normalized spacial score (nSPS) is 17.7. The quantitative estimate of drug-likeness (QED) is 0.104. The van der Waals surface area contributed by atoms with Crippen LogP contribution in [0.3, 0.4) is 0 Å². The summed E-state index contributed by atoms with van der Waals surface area (Å²) in [5.41, 5.74) is 0.526. The maximum absolute atomic E-state index is 12.8. The van der Waals surface area contributed by atoms with Crippen molar-refractivity contribution in [3.05, 3.63) is 11.6 Å². The molecule has 0 unspecified atom stereocenters. The molecule has 2 rings (SSSR count). The van der Waals surface area contributed by atoms with Crippen LogP contribution < -0.4 is 10.0 Å². The van der Waals surface area contributed by atoms with E-state index in [-0.39, 0.29) is 27.6 Å². The lowest BCUT2D eigenvalue weighted by Gasteiger charge is -2.27. The van der Waals surface area contributed by atoms with Gasteiger partial charge in [-0.1, -0.05) is 6.92 Å². The van der Waals surface area contributed by atoms with Crippen molar-refractivity contribution < 1.29 is 59.5 Å². The van der Waals surface area contributed by atoms with E-state index in [1.807, 2.05) is 6.92 Å². The summed E-state index contributed by atoms with van der Waals surface area (Å²) in [6.45, 7) is 11.9. The molecule has 1 aliphatic heterocycles. The summed E-state index contributed by atoms with van der Waals surface area (Å²) in [7, 11) is -5.79. The fraction of sp³-hybridized carbons (Fsp3) is 0.862. The highest BCUT2D eigenvalue weighted by Gasteiger charge is 2.39. The van der Waals surface area contributed by atoms with Crippen molar-refractivity contribution in [2.24, 2.45) is 0 Å². The second kappa shape index (κ2) is 25.2. The van der Waals surface area contributed by atoms with Crippen LogP contribution in [0.1, 0.15) is 31.9 Å². The zero-order valence-electron chi connectivity index (χ0n) is 27.9. The van der Waals surface area contributed by atoms with Gasteiger partial charge in [0.1, 0.15) is 8.42 Å². The molecular weight excluding hydrogens is 681 g/mol. The highest BCUT2D eigenvalue weighted by Crippen LogP contribution is 2.42. The van der Waals surface area contributed by atoms with E-state index < -0.39 is 25.1 Å². The number of sulfone groups is 1. The van der Waals surface area contributed by atoms with Crippen LogP contribution in [0.4, 0.5) is 0 Å². The molecule has 1 aromatic rings. The van der Waals surface area contributed by atoms with Gasteiger partial charge in [0.2, 0.25) is 10.0 Å². The predicted octanol–water partition coefficient (Wildman–Crippen LogP) is 1.02. The number of sulfonamides is 1. The van der Waals surface area contributed by atoms with E-state index in [1.54, 1.807) is 14.0 Å². The maximum atomic E-state index is 12.8. The third-order valence-electron chi connectivity index (χ3n) is 6.72. The number of fused-ring (bicyclic) bond motifs is 1. The van der Waals surface area contributed by atoms with Gasteiger partial charge >= 0.3 is 0 Å². The van der Waals surface area contributed by atoms with E-state index >= 15 is 0 Å². The van der Waals surface area contributed by atoms with E-state index in [0.717, 1.165) is 11.3 Å². The molecule has 0 saturated heterocycles. The third kappa shape index (κ3) is 17.1. The van der Waals surface area contributed by atoms with Crippen molar-refractivity contribution in [2.75, 3.05) is 133 Å². The Hall–Kier alpha value is -0.840. The van der Waals surface area contributed by atoms with Gasteiger partial charge in [-0.05, 0) is 26.0 Å². The van der Waals surface area contributed by atoms with Crippen LogP contribution in [0.2, 0.25) is 0 Å². The van der Waals surface area contributed by atoms with Crippen LogP contribution >= 0.6 is 11.3 Å². The van der Waals surface area contributed by atoms with Crippen LogP contribution in [0, 0.1) is 0 Å². The Morgan fingerprint density at radius 2 is 1.13 bits per heavy atom. The minimum atomic E-state index is -3.87. The van der Waals surface area contributed by atoms with Crippen molar-refractivity contribution >= 4 is 31.2 Å². The summed E-state index contributed by atoms with van der Waals surface area (Å²) in [5.74, 6) is 0. The Labute approximate surface area is 284 Å². The molecule has 0 amide bonds. The summed E-state index contributed by atoms with van der Waals surface area (Å²) in [6.07, 6.45) is 0.406. The number of hydrogen-bond acceptors (Lipinski definition) is 15. The second-order valence-corrected chi connectivity index (χ2v) is 15.9. The fourth-order valence-electron chi connectivity index (χ4n) is 4.27. The molecule has 1 aliphatic rings. The monoisotopic (exact) mass is 734 g/mol.